The molecule has 1 heterocycles. The van der Waals surface area contributed by atoms with Gasteiger partial charge in [-0.05, 0) is 18.8 Å². The molecule has 0 unspecified atom stereocenters. The fraction of sp³-hybridized carbons (Fsp3) is 0.412. The van der Waals surface area contributed by atoms with E-state index in [1.165, 1.54) is 32.1 Å². The normalized spacial score (nSPS) is 15.9. The molecule has 1 aromatic heterocycles. The number of nitrogens with one attached hydrogen (secondary N) is 1. The molecule has 3 nitrogen and oxygen atoms in total. The summed E-state index contributed by atoms with van der Waals surface area (Å²) >= 11 is 6.13. The summed E-state index contributed by atoms with van der Waals surface area (Å²) in [6.45, 7) is 0.974. The molecule has 0 radical (unpaired) electrons. The van der Waals surface area contributed by atoms with Crippen LogP contribution in [0.1, 0.15) is 32.1 Å². The van der Waals surface area contributed by atoms with Crippen molar-refractivity contribution in [1.29, 1.82) is 0 Å². The molecule has 110 valence electrons. The fourth-order valence-corrected chi connectivity index (χ4v) is 3.05. The van der Waals surface area contributed by atoms with Gasteiger partial charge in [0.2, 0.25) is 0 Å². The van der Waals surface area contributed by atoms with Crippen molar-refractivity contribution in [3.8, 4) is 11.4 Å². The van der Waals surface area contributed by atoms with Crippen LogP contribution >= 0.6 is 11.6 Å². The standard InChI is InChI=1S/C17H20ClN3/c18-15-11-16(19-12-13-7-3-1-4-8-13)21-17(20-15)14-9-5-2-6-10-14/h2,5-6,9-11,13H,1,3-4,7-8,12H2,(H,19,20,21). The highest BCUT2D eigenvalue weighted by molar-refractivity contribution is 6.29. The van der Waals surface area contributed by atoms with Crippen LogP contribution in [0.25, 0.3) is 11.4 Å². The van der Waals surface area contributed by atoms with Gasteiger partial charge in [-0.3, -0.25) is 0 Å². The summed E-state index contributed by atoms with van der Waals surface area (Å²) in [5.74, 6) is 2.25. The van der Waals surface area contributed by atoms with E-state index in [0.717, 1.165) is 23.8 Å². The second kappa shape index (κ2) is 6.90. The van der Waals surface area contributed by atoms with Crippen LogP contribution < -0.4 is 5.32 Å². The molecular formula is C17H20ClN3. The zero-order valence-corrected chi connectivity index (χ0v) is 12.8. The van der Waals surface area contributed by atoms with Gasteiger partial charge in [-0.15, -0.1) is 0 Å². The minimum Gasteiger partial charge on any atom is -0.370 e. The number of hydrogen-bond acceptors (Lipinski definition) is 3. The van der Waals surface area contributed by atoms with Gasteiger partial charge in [-0.2, -0.15) is 0 Å². The Bertz CT molecular complexity index is 580. The van der Waals surface area contributed by atoms with Gasteiger partial charge in [0.15, 0.2) is 5.82 Å². The zero-order valence-electron chi connectivity index (χ0n) is 12.1. The summed E-state index contributed by atoms with van der Waals surface area (Å²) in [5, 5.41) is 3.91. The Morgan fingerprint density at radius 3 is 2.57 bits per heavy atom. The Morgan fingerprint density at radius 1 is 1.05 bits per heavy atom. The Hall–Kier alpha value is -1.61. The SMILES string of the molecule is Clc1cc(NCC2CCCCC2)nc(-c2ccccc2)n1. The lowest BCUT2D eigenvalue weighted by atomic mass is 9.89. The number of aromatic nitrogens is 2. The second-order valence-corrected chi connectivity index (χ2v) is 6.04. The van der Waals surface area contributed by atoms with E-state index >= 15 is 0 Å². The van der Waals surface area contributed by atoms with E-state index in [4.69, 9.17) is 11.6 Å². The van der Waals surface area contributed by atoms with Crippen LogP contribution in [-0.2, 0) is 0 Å². The highest BCUT2D eigenvalue weighted by atomic mass is 35.5. The van der Waals surface area contributed by atoms with E-state index in [1.54, 1.807) is 6.07 Å². The van der Waals surface area contributed by atoms with Crippen molar-refractivity contribution in [2.75, 3.05) is 11.9 Å². The molecule has 2 aromatic rings. The van der Waals surface area contributed by atoms with Gasteiger partial charge in [0.05, 0.1) is 0 Å². The molecule has 0 bridgehead atoms. The van der Waals surface area contributed by atoms with Crippen LogP contribution in [0.15, 0.2) is 36.4 Å². The quantitative estimate of drug-likeness (QED) is 0.825. The Kier molecular flexibility index (Phi) is 4.71. The van der Waals surface area contributed by atoms with Crippen LogP contribution in [0.3, 0.4) is 0 Å². The molecule has 0 saturated heterocycles. The van der Waals surface area contributed by atoms with Crippen molar-refractivity contribution in [3.63, 3.8) is 0 Å². The summed E-state index contributed by atoms with van der Waals surface area (Å²) in [6, 6.07) is 11.7. The Morgan fingerprint density at radius 2 is 1.81 bits per heavy atom. The topological polar surface area (TPSA) is 37.8 Å². The third kappa shape index (κ3) is 3.94. The smallest absolute Gasteiger partial charge is 0.163 e. The molecule has 0 amide bonds. The maximum atomic E-state index is 6.13. The average molecular weight is 302 g/mol. The minimum atomic E-state index is 0.481. The molecule has 3 rings (SSSR count). The molecule has 1 aromatic carbocycles. The Balaban J connectivity index is 1.72. The highest BCUT2D eigenvalue weighted by Gasteiger charge is 2.13. The summed E-state index contributed by atoms with van der Waals surface area (Å²) in [5.41, 5.74) is 0.987. The van der Waals surface area contributed by atoms with Crippen LogP contribution in [-0.4, -0.2) is 16.5 Å². The molecule has 1 fully saturated rings. The molecule has 1 N–H and O–H groups in total. The van der Waals surface area contributed by atoms with Crippen LogP contribution in [0.5, 0.6) is 0 Å². The van der Waals surface area contributed by atoms with Crippen molar-refractivity contribution >= 4 is 17.4 Å². The monoisotopic (exact) mass is 301 g/mol. The van der Waals surface area contributed by atoms with Crippen LogP contribution in [0, 0.1) is 5.92 Å². The molecule has 1 aliphatic rings. The van der Waals surface area contributed by atoms with Gasteiger partial charge in [-0.1, -0.05) is 61.2 Å². The summed E-state index contributed by atoms with van der Waals surface area (Å²) in [6.07, 6.45) is 6.72. The largest absolute Gasteiger partial charge is 0.370 e. The third-order valence-corrected chi connectivity index (χ3v) is 4.22. The number of halogens is 1. The third-order valence-electron chi connectivity index (χ3n) is 4.02. The molecule has 1 aliphatic carbocycles. The number of benzene rings is 1. The van der Waals surface area contributed by atoms with E-state index < -0.39 is 0 Å². The molecular weight excluding hydrogens is 282 g/mol. The van der Waals surface area contributed by atoms with Gasteiger partial charge in [0.1, 0.15) is 11.0 Å². The number of nitrogens with zero attached hydrogens (tertiary/aromatic N) is 2. The lowest BCUT2D eigenvalue weighted by molar-refractivity contribution is 0.373. The number of hydrogen-bond donors (Lipinski definition) is 1. The lowest BCUT2D eigenvalue weighted by Crippen LogP contribution is -2.17. The summed E-state index contributed by atoms with van der Waals surface area (Å²) in [4.78, 5) is 8.89. The molecule has 1 saturated carbocycles. The first kappa shape index (κ1) is 14.3. The van der Waals surface area contributed by atoms with E-state index in [1.807, 2.05) is 30.3 Å². The van der Waals surface area contributed by atoms with Gasteiger partial charge < -0.3 is 5.32 Å². The van der Waals surface area contributed by atoms with Crippen molar-refractivity contribution in [2.45, 2.75) is 32.1 Å². The predicted octanol–water partition coefficient (Wildman–Crippen LogP) is 4.79. The molecule has 0 spiro atoms. The first-order valence-electron chi connectivity index (χ1n) is 7.65. The van der Waals surface area contributed by atoms with Crippen LogP contribution in [0.2, 0.25) is 5.15 Å². The van der Waals surface area contributed by atoms with Crippen molar-refractivity contribution in [1.82, 2.24) is 9.97 Å². The van der Waals surface area contributed by atoms with Gasteiger partial charge in [0, 0.05) is 18.2 Å². The van der Waals surface area contributed by atoms with E-state index in [2.05, 4.69) is 15.3 Å². The average Bonchev–Trinajstić information content (AvgIpc) is 2.54. The number of rotatable bonds is 4. The van der Waals surface area contributed by atoms with Gasteiger partial charge in [-0.25, -0.2) is 9.97 Å². The molecule has 21 heavy (non-hydrogen) atoms. The first-order valence-corrected chi connectivity index (χ1v) is 8.03. The highest BCUT2D eigenvalue weighted by Crippen LogP contribution is 2.25. The second-order valence-electron chi connectivity index (χ2n) is 5.65. The van der Waals surface area contributed by atoms with Gasteiger partial charge >= 0.3 is 0 Å². The first-order chi connectivity index (χ1) is 10.3. The summed E-state index contributed by atoms with van der Waals surface area (Å²) < 4.78 is 0. The lowest BCUT2D eigenvalue weighted by Gasteiger charge is -2.22. The maximum absolute atomic E-state index is 6.13. The van der Waals surface area contributed by atoms with Gasteiger partial charge in [0.25, 0.3) is 0 Å². The minimum absolute atomic E-state index is 0.481. The Labute approximate surface area is 130 Å². The molecule has 4 heteroatoms. The zero-order chi connectivity index (χ0) is 14.5. The maximum Gasteiger partial charge on any atom is 0.163 e. The van der Waals surface area contributed by atoms with Crippen molar-refractivity contribution in [2.24, 2.45) is 5.92 Å². The fourth-order valence-electron chi connectivity index (χ4n) is 2.86. The molecule has 0 aliphatic heterocycles. The van der Waals surface area contributed by atoms with Crippen molar-refractivity contribution < 1.29 is 0 Å². The van der Waals surface area contributed by atoms with E-state index in [-0.39, 0.29) is 0 Å². The predicted molar refractivity (Wildman–Crippen MR) is 87.5 cm³/mol. The van der Waals surface area contributed by atoms with E-state index in [9.17, 15) is 0 Å². The van der Waals surface area contributed by atoms with Crippen LogP contribution in [0.4, 0.5) is 5.82 Å². The van der Waals surface area contributed by atoms with E-state index in [0.29, 0.717) is 11.0 Å². The summed E-state index contributed by atoms with van der Waals surface area (Å²) in [7, 11) is 0. The molecule has 0 atom stereocenters. The number of anilines is 1. The van der Waals surface area contributed by atoms with Crippen molar-refractivity contribution in [3.05, 3.63) is 41.6 Å².